The average Bonchev–Trinajstić information content (AvgIpc) is 3.12. The maximum Gasteiger partial charge on any atom is 0.235 e. The molecule has 2 aromatic carbocycles. The Kier molecular flexibility index (Phi) is 12.6. The van der Waals surface area contributed by atoms with Crippen molar-refractivity contribution in [1.82, 2.24) is 0 Å². The van der Waals surface area contributed by atoms with Crippen molar-refractivity contribution in [2.24, 2.45) is 0 Å². The minimum Gasteiger partial charge on any atom is -0.744 e. The quantitative estimate of drug-likeness (QED) is 0.198. The van der Waals surface area contributed by atoms with Crippen LogP contribution in [0.2, 0.25) is 0 Å². The summed E-state index contributed by atoms with van der Waals surface area (Å²) >= 11 is 1.82. The van der Waals surface area contributed by atoms with Crippen LogP contribution in [0.4, 0.5) is 0 Å². The molecule has 1 heterocycles. The number of hydrogen-bond donors (Lipinski definition) is 0. The van der Waals surface area contributed by atoms with Crippen LogP contribution < -0.4 is 4.57 Å². The van der Waals surface area contributed by atoms with E-state index in [0.717, 1.165) is 12.1 Å². The van der Waals surface area contributed by atoms with Crippen LogP contribution in [-0.4, -0.2) is 66.3 Å². The van der Waals surface area contributed by atoms with Gasteiger partial charge in [-0.2, -0.15) is 4.57 Å². The first-order valence-electron chi connectivity index (χ1n) is 11.0. The van der Waals surface area contributed by atoms with Crippen LogP contribution in [0, 0.1) is 13.8 Å². The number of aromatic nitrogens is 1. The monoisotopic (exact) mass is 511 g/mol. The third kappa shape index (κ3) is 10.1. The molecular weight excluding hydrogens is 478 g/mol. The molecule has 0 aliphatic rings. The molecular formula is C24H33NO7S2. The van der Waals surface area contributed by atoms with Gasteiger partial charge in [0.05, 0.1) is 44.5 Å². The minimum absolute atomic E-state index is 0.178. The Morgan fingerprint density at radius 3 is 1.97 bits per heavy atom. The van der Waals surface area contributed by atoms with Crippen molar-refractivity contribution in [2.45, 2.75) is 25.3 Å². The molecule has 0 amide bonds. The van der Waals surface area contributed by atoms with Crippen molar-refractivity contribution >= 4 is 31.7 Å². The van der Waals surface area contributed by atoms with Gasteiger partial charge in [-0.1, -0.05) is 41.2 Å². The van der Waals surface area contributed by atoms with Crippen LogP contribution >= 0.6 is 11.3 Å². The third-order valence-corrected chi connectivity index (χ3v) is 6.67. The number of nitrogens with zero attached hydrogens (tertiary/aromatic N) is 1. The van der Waals surface area contributed by atoms with Gasteiger partial charge in [0.15, 0.2) is 6.54 Å². The second-order valence-corrected chi connectivity index (χ2v) is 9.95. The second-order valence-electron chi connectivity index (χ2n) is 7.34. The topological polar surface area (TPSA) is 98.0 Å². The van der Waals surface area contributed by atoms with Gasteiger partial charge in [0.1, 0.15) is 21.4 Å². The molecule has 0 saturated carbocycles. The number of methoxy groups -OCH3 is 1. The standard InChI is InChI=1S/C17H26NO4S.C7H8O3S/c1-15-18(16-5-3-4-6-17(16)23-15)7-8-20-11-12-22-14-13-21-10-9-19-2;1-6-2-4-7(5-3-6)11(8,9)10/h3-6H,7-14H2,1-2H3;2-5H,1H3,(H,8,9,10)/q+1;/p-1. The number of ether oxygens (including phenoxy) is 4. The molecule has 8 nitrogen and oxygen atoms in total. The summed E-state index contributed by atoms with van der Waals surface area (Å²) < 4.78 is 56.1. The van der Waals surface area contributed by atoms with Gasteiger partial charge in [-0.25, -0.2) is 8.42 Å². The van der Waals surface area contributed by atoms with Gasteiger partial charge >= 0.3 is 0 Å². The van der Waals surface area contributed by atoms with Crippen molar-refractivity contribution in [3.8, 4) is 0 Å². The van der Waals surface area contributed by atoms with Crippen molar-refractivity contribution in [1.29, 1.82) is 0 Å². The van der Waals surface area contributed by atoms with E-state index in [2.05, 4.69) is 35.8 Å². The zero-order valence-corrected chi connectivity index (χ0v) is 21.5. The summed E-state index contributed by atoms with van der Waals surface area (Å²) in [7, 11) is -2.61. The molecule has 0 radical (unpaired) electrons. The van der Waals surface area contributed by atoms with Crippen LogP contribution in [-0.2, 0) is 35.6 Å². The number of para-hydroxylation sites is 1. The number of hydrogen-bond acceptors (Lipinski definition) is 8. The molecule has 0 spiro atoms. The third-order valence-electron chi connectivity index (χ3n) is 4.74. The zero-order chi connectivity index (χ0) is 24.8. The van der Waals surface area contributed by atoms with Gasteiger partial charge < -0.3 is 23.5 Å². The number of aryl methyl sites for hydroxylation is 2. The second kappa shape index (κ2) is 15.2. The molecule has 0 atom stereocenters. The predicted octanol–water partition coefficient (Wildman–Crippen LogP) is 3.09. The van der Waals surface area contributed by atoms with Crippen LogP contribution in [0.15, 0.2) is 53.4 Å². The van der Waals surface area contributed by atoms with Gasteiger partial charge in [0.25, 0.3) is 0 Å². The van der Waals surface area contributed by atoms with E-state index in [1.54, 1.807) is 19.2 Å². The maximum atomic E-state index is 10.4. The Labute approximate surface area is 205 Å². The molecule has 3 rings (SSSR count). The van der Waals surface area contributed by atoms with Crippen molar-refractivity contribution < 1.29 is 36.5 Å². The van der Waals surface area contributed by atoms with E-state index in [0.29, 0.717) is 46.2 Å². The fraction of sp³-hybridized carbons (Fsp3) is 0.458. The number of fused-ring (bicyclic) bond motifs is 1. The molecule has 0 bridgehead atoms. The Morgan fingerprint density at radius 2 is 1.38 bits per heavy atom. The molecule has 0 unspecified atom stereocenters. The first kappa shape index (κ1) is 28.3. The summed E-state index contributed by atoms with van der Waals surface area (Å²) in [6.07, 6.45) is 0. The highest BCUT2D eigenvalue weighted by molar-refractivity contribution is 7.85. The van der Waals surface area contributed by atoms with Crippen LogP contribution in [0.5, 0.6) is 0 Å². The van der Waals surface area contributed by atoms with Crippen molar-refractivity contribution in [3.05, 3.63) is 59.1 Å². The number of thiazole rings is 1. The average molecular weight is 512 g/mol. The zero-order valence-electron chi connectivity index (χ0n) is 19.9. The summed E-state index contributed by atoms with van der Waals surface area (Å²) in [5.41, 5.74) is 2.21. The maximum absolute atomic E-state index is 10.4. The summed E-state index contributed by atoms with van der Waals surface area (Å²) in [4.78, 5) is -0.178. The minimum atomic E-state index is -4.27. The molecule has 188 valence electrons. The van der Waals surface area contributed by atoms with E-state index in [9.17, 15) is 13.0 Å². The smallest absolute Gasteiger partial charge is 0.235 e. The highest BCUT2D eigenvalue weighted by Crippen LogP contribution is 2.19. The number of benzene rings is 2. The van der Waals surface area contributed by atoms with Gasteiger partial charge in [-0.15, -0.1) is 0 Å². The van der Waals surface area contributed by atoms with E-state index < -0.39 is 10.1 Å². The molecule has 1 aromatic heterocycles. The van der Waals surface area contributed by atoms with Gasteiger partial charge in [-0.3, -0.25) is 0 Å². The molecule has 0 saturated heterocycles. The molecule has 10 heteroatoms. The Hall–Kier alpha value is -1.92. The highest BCUT2D eigenvalue weighted by atomic mass is 32.2. The first-order chi connectivity index (χ1) is 16.3. The van der Waals surface area contributed by atoms with Crippen molar-refractivity contribution in [2.75, 3.05) is 53.4 Å². The predicted molar refractivity (Wildman–Crippen MR) is 130 cm³/mol. The largest absolute Gasteiger partial charge is 0.744 e. The van der Waals surface area contributed by atoms with Gasteiger partial charge in [-0.05, 0) is 25.1 Å². The fourth-order valence-electron chi connectivity index (χ4n) is 2.97. The van der Waals surface area contributed by atoms with E-state index in [-0.39, 0.29) is 4.90 Å². The van der Waals surface area contributed by atoms with Crippen molar-refractivity contribution in [3.63, 3.8) is 0 Å². The van der Waals surface area contributed by atoms with E-state index in [1.165, 1.54) is 27.4 Å². The van der Waals surface area contributed by atoms with Gasteiger partial charge in [0.2, 0.25) is 10.5 Å². The fourth-order valence-corrected chi connectivity index (χ4v) is 4.49. The number of rotatable bonds is 13. The molecule has 0 aliphatic carbocycles. The molecule has 0 N–H and O–H groups in total. The molecule has 0 aliphatic heterocycles. The molecule has 0 fully saturated rings. The molecule has 34 heavy (non-hydrogen) atoms. The summed E-state index contributed by atoms with van der Waals surface area (Å²) in [5, 5.41) is 1.30. The Morgan fingerprint density at radius 1 is 0.824 bits per heavy atom. The van der Waals surface area contributed by atoms with E-state index >= 15 is 0 Å². The summed E-state index contributed by atoms with van der Waals surface area (Å²) in [6.45, 7) is 9.17. The van der Waals surface area contributed by atoms with E-state index in [1.807, 2.05) is 18.3 Å². The first-order valence-corrected chi connectivity index (χ1v) is 13.2. The summed E-state index contributed by atoms with van der Waals surface area (Å²) in [5.74, 6) is 0. The SMILES string of the molecule is COCCOCCOCCOCC[n+]1c(C)sc2ccccc21.Cc1ccc(S(=O)(=O)[O-])cc1. The lowest BCUT2D eigenvalue weighted by molar-refractivity contribution is -0.674. The Bertz CT molecular complexity index is 1080. The van der Waals surface area contributed by atoms with Crippen LogP contribution in [0.25, 0.3) is 10.2 Å². The summed E-state index contributed by atoms with van der Waals surface area (Å²) in [6, 6.07) is 14.3. The van der Waals surface area contributed by atoms with E-state index in [4.69, 9.17) is 18.9 Å². The lowest BCUT2D eigenvalue weighted by atomic mass is 10.2. The lowest BCUT2D eigenvalue weighted by Crippen LogP contribution is -2.37. The highest BCUT2D eigenvalue weighted by Gasteiger charge is 2.15. The lowest BCUT2D eigenvalue weighted by Gasteiger charge is -2.06. The normalized spacial score (nSPS) is 11.4. The molecule has 3 aromatic rings. The van der Waals surface area contributed by atoms with Crippen LogP contribution in [0.3, 0.4) is 0 Å². The van der Waals surface area contributed by atoms with Crippen LogP contribution in [0.1, 0.15) is 10.6 Å². The van der Waals surface area contributed by atoms with Gasteiger partial charge in [0, 0.05) is 20.1 Å². The Balaban J connectivity index is 0.000000310.